The number of aryl methyl sites for hydroxylation is 1. The van der Waals surface area contributed by atoms with Crippen LogP contribution in [-0.4, -0.2) is 16.9 Å². The van der Waals surface area contributed by atoms with E-state index in [-0.39, 0.29) is 12.2 Å². The molecule has 45 heavy (non-hydrogen) atoms. The summed E-state index contributed by atoms with van der Waals surface area (Å²) in [6, 6.07) is 33.3. The van der Waals surface area contributed by atoms with Crippen molar-refractivity contribution in [3.8, 4) is 11.3 Å². The van der Waals surface area contributed by atoms with E-state index >= 15 is 0 Å². The number of nitrogens with one attached hydrogen (secondary N) is 4. The Bertz CT molecular complexity index is 1870. The molecule has 4 N–H and O–H groups in total. The second-order valence-corrected chi connectivity index (χ2v) is 11.1. The summed E-state index contributed by atoms with van der Waals surface area (Å²) < 4.78 is 6.01. The molecule has 4 aromatic carbocycles. The van der Waals surface area contributed by atoms with Gasteiger partial charge in [0.15, 0.2) is 5.11 Å². The molecule has 5 rings (SSSR count). The molecule has 5 aromatic rings. The van der Waals surface area contributed by atoms with E-state index in [1.54, 1.807) is 30.3 Å². The third kappa shape index (κ3) is 8.47. The van der Waals surface area contributed by atoms with Crippen molar-refractivity contribution in [3.05, 3.63) is 148 Å². The third-order valence-electron chi connectivity index (χ3n) is 6.93. The second kappa shape index (κ2) is 14.5. The summed E-state index contributed by atoms with van der Waals surface area (Å²) in [7, 11) is 0. The lowest BCUT2D eigenvalue weighted by atomic mass is 10.1. The van der Waals surface area contributed by atoms with Crippen LogP contribution in [0.1, 0.15) is 32.8 Å². The van der Waals surface area contributed by atoms with Gasteiger partial charge >= 0.3 is 0 Å². The fraction of sp³-hybridized carbons (Fsp3) is 0.0833. The van der Waals surface area contributed by atoms with E-state index in [1.165, 1.54) is 6.08 Å². The van der Waals surface area contributed by atoms with Gasteiger partial charge in [-0.15, -0.1) is 0 Å². The Morgan fingerprint density at radius 1 is 0.844 bits per heavy atom. The van der Waals surface area contributed by atoms with E-state index in [0.717, 1.165) is 33.6 Å². The normalized spacial score (nSPS) is 11.0. The lowest BCUT2D eigenvalue weighted by Crippen LogP contribution is -2.34. The van der Waals surface area contributed by atoms with Crippen LogP contribution in [0.4, 0.5) is 11.4 Å². The van der Waals surface area contributed by atoms with E-state index in [2.05, 4.69) is 21.3 Å². The summed E-state index contributed by atoms with van der Waals surface area (Å²) in [4.78, 5) is 26.4. The Balaban J connectivity index is 1.29. The summed E-state index contributed by atoms with van der Waals surface area (Å²) in [5.74, 6) is 0.188. The fourth-order valence-electron chi connectivity index (χ4n) is 4.45. The number of rotatable bonds is 9. The average Bonchev–Trinajstić information content (AvgIpc) is 3.51. The number of hydrogen-bond donors (Lipinski definition) is 4. The molecule has 0 aliphatic carbocycles. The maximum atomic E-state index is 13.4. The van der Waals surface area contributed by atoms with Crippen molar-refractivity contribution in [2.24, 2.45) is 0 Å². The third-order valence-corrected chi connectivity index (χ3v) is 7.55. The first-order chi connectivity index (χ1) is 21.7. The fourth-order valence-corrected chi connectivity index (χ4v) is 4.85. The van der Waals surface area contributed by atoms with Crippen LogP contribution in [0.15, 0.2) is 119 Å². The smallest absolute Gasteiger partial charge is 0.268 e. The van der Waals surface area contributed by atoms with Gasteiger partial charge in [0.05, 0.1) is 0 Å². The summed E-state index contributed by atoms with van der Waals surface area (Å²) in [5.41, 5.74) is 5.78. The molecule has 0 fully saturated rings. The van der Waals surface area contributed by atoms with Crippen LogP contribution in [-0.2, 0) is 11.3 Å². The first kappa shape index (κ1) is 31.3. The second-order valence-electron chi connectivity index (χ2n) is 10.3. The topological polar surface area (TPSA) is 95.4 Å². The predicted molar refractivity (Wildman–Crippen MR) is 185 cm³/mol. The molecule has 7 nitrogen and oxygen atoms in total. The van der Waals surface area contributed by atoms with Gasteiger partial charge in [0.25, 0.3) is 11.8 Å². The minimum Gasteiger partial charge on any atom is -0.457 e. The molecule has 0 aliphatic heterocycles. The highest BCUT2D eigenvalue weighted by Gasteiger charge is 2.16. The molecule has 0 saturated heterocycles. The lowest BCUT2D eigenvalue weighted by molar-refractivity contribution is -0.117. The quantitative estimate of drug-likeness (QED) is 0.0966. The highest BCUT2D eigenvalue weighted by Crippen LogP contribution is 2.25. The Labute approximate surface area is 272 Å². The number of anilines is 2. The van der Waals surface area contributed by atoms with Crippen LogP contribution in [0.25, 0.3) is 17.4 Å². The van der Waals surface area contributed by atoms with Crippen LogP contribution >= 0.6 is 23.8 Å². The van der Waals surface area contributed by atoms with Crippen LogP contribution in [0.3, 0.4) is 0 Å². The molecule has 0 bridgehead atoms. The van der Waals surface area contributed by atoms with E-state index in [4.69, 9.17) is 28.2 Å². The van der Waals surface area contributed by atoms with Gasteiger partial charge in [0.2, 0.25) is 0 Å². The zero-order valence-corrected chi connectivity index (χ0v) is 26.3. The van der Waals surface area contributed by atoms with E-state index in [1.807, 2.05) is 92.7 Å². The van der Waals surface area contributed by atoms with Crippen molar-refractivity contribution < 1.29 is 14.0 Å². The van der Waals surface area contributed by atoms with Gasteiger partial charge in [0.1, 0.15) is 17.2 Å². The molecule has 0 unspecified atom stereocenters. The van der Waals surface area contributed by atoms with Gasteiger partial charge in [-0.2, -0.15) is 0 Å². The molecule has 1 heterocycles. The maximum absolute atomic E-state index is 13.4. The largest absolute Gasteiger partial charge is 0.457 e. The van der Waals surface area contributed by atoms with Gasteiger partial charge in [-0.3, -0.25) is 9.59 Å². The van der Waals surface area contributed by atoms with Gasteiger partial charge in [-0.05, 0) is 85.7 Å². The first-order valence-electron chi connectivity index (χ1n) is 14.2. The molecule has 0 spiro atoms. The van der Waals surface area contributed by atoms with E-state index in [9.17, 15) is 9.59 Å². The minimum absolute atomic E-state index is 0.0465. The molecule has 9 heteroatoms. The molecule has 2 amide bonds. The highest BCUT2D eigenvalue weighted by atomic mass is 35.5. The Hall–Kier alpha value is -5.18. The van der Waals surface area contributed by atoms with Gasteiger partial charge in [0, 0.05) is 40.1 Å². The first-order valence-corrected chi connectivity index (χ1v) is 15.0. The van der Waals surface area contributed by atoms with Crippen molar-refractivity contribution in [1.29, 1.82) is 0 Å². The van der Waals surface area contributed by atoms with Gasteiger partial charge in [-0.25, -0.2) is 0 Å². The molecule has 0 aliphatic rings. The average molecular weight is 635 g/mol. The van der Waals surface area contributed by atoms with Gasteiger partial charge in [-0.1, -0.05) is 77.8 Å². The predicted octanol–water partition coefficient (Wildman–Crippen LogP) is 8.11. The SMILES string of the molecule is Cc1ccc(-c2ccc(C=C(NC(=O)c3ccccc3)C(=O)NCc3cccc(NC(=S)Nc4cccc(Cl)c4C)c3)o2)cc1. The molecular weight excluding hydrogens is 604 g/mol. The number of thiocarbonyl (C=S) groups is 1. The molecule has 1 aromatic heterocycles. The number of furan rings is 1. The highest BCUT2D eigenvalue weighted by molar-refractivity contribution is 7.80. The standard InChI is InChI=1S/C36H31ClN4O3S/c1-23-14-16-26(17-15-23)33-19-18-29(44-33)21-32(40-34(42)27-9-4-3-5-10-27)35(43)38-22-25-8-6-11-28(20-25)39-36(45)41-31-13-7-12-30(37)24(31)2/h3-21H,22H2,1-2H3,(H,38,43)(H,40,42)(H2,39,41,45). The minimum atomic E-state index is -0.473. The van der Waals surface area contributed by atoms with Crippen LogP contribution in [0.5, 0.6) is 0 Å². The number of hydrogen-bond acceptors (Lipinski definition) is 4. The molecule has 0 saturated carbocycles. The number of carbonyl (C=O) groups excluding carboxylic acids is 2. The Morgan fingerprint density at radius 2 is 1.60 bits per heavy atom. The number of amides is 2. The number of carbonyl (C=O) groups is 2. The maximum Gasteiger partial charge on any atom is 0.268 e. The van der Waals surface area contributed by atoms with E-state index in [0.29, 0.717) is 27.2 Å². The molecule has 0 atom stereocenters. The molecule has 0 radical (unpaired) electrons. The summed E-state index contributed by atoms with van der Waals surface area (Å²) in [6.45, 7) is 4.13. The monoisotopic (exact) mass is 634 g/mol. The summed E-state index contributed by atoms with van der Waals surface area (Å²) >= 11 is 11.7. The zero-order chi connectivity index (χ0) is 31.8. The van der Waals surface area contributed by atoms with Gasteiger partial charge < -0.3 is 25.7 Å². The summed E-state index contributed by atoms with van der Waals surface area (Å²) in [6.07, 6.45) is 1.52. The van der Waals surface area contributed by atoms with E-state index < -0.39 is 11.8 Å². The van der Waals surface area contributed by atoms with Crippen molar-refractivity contribution in [3.63, 3.8) is 0 Å². The van der Waals surface area contributed by atoms with Crippen molar-refractivity contribution in [1.82, 2.24) is 10.6 Å². The van der Waals surface area contributed by atoms with Crippen molar-refractivity contribution >= 4 is 58.2 Å². The Morgan fingerprint density at radius 3 is 2.38 bits per heavy atom. The van der Waals surface area contributed by atoms with Crippen LogP contribution in [0.2, 0.25) is 5.02 Å². The van der Waals surface area contributed by atoms with Crippen LogP contribution in [0, 0.1) is 13.8 Å². The van der Waals surface area contributed by atoms with Crippen LogP contribution < -0.4 is 21.3 Å². The Kier molecular flexibility index (Phi) is 10.1. The number of halogens is 1. The van der Waals surface area contributed by atoms with Crippen molar-refractivity contribution in [2.45, 2.75) is 20.4 Å². The lowest BCUT2D eigenvalue weighted by Gasteiger charge is -2.14. The number of benzene rings is 4. The molecule has 226 valence electrons. The molecular formula is C36H31ClN4O3S. The van der Waals surface area contributed by atoms with Crippen molar-refractivity contribution in [2.75, 3.05) is 10.6 Å². The zero-order valence-electron chi connectivity index (χ0n) is 24.7. The summed E-state index contributed by atoms with van der Waals surface area (Å²) in [5, 5.41) is 13.0.